The van der Waals surface area contributed by atoms with Gasteiger partial charge in [0.05, 0.1) is 10.0 Å². The van der Waals surface area contributed by atoms with Crippen LogP contribution in [0.2, 0.25) is 0 Å². The Kier molecular flexibility index (Phi) is 4.84. The predicted octanol–water partition coefficient (Wildman–Crippen LogP) is 3.44. The number of rotatable bonds is 6. The first-order chi connectivity index (χ1) is 9.58. The molecule has 5 nitrogen and oxygen atoms in total. The van der Waals surface area contributed by atoms with Crippen molar-refractivity contribution in [2.45, 2.75) is 25.7 Å². The normalized spacial score (nSPS) is 10.7. The average molecular weight is 343 g/mol. The molecule has 2 rings (SSSR count). The molecular weight excluding hydrogens is 331 g/mol. The van der Waals surface area contributed by atoms with Crippen LogP contribution in [0.5, 0.6) is 0 Å². The molecule has 0 saturated carbocycles. The van der Waals surface area contributed by atoms with Crippen LogP contribution in [0.4, 0.5) is 4.39 Å². The molecule has 20 heavy (non-hydrogen) atoms. The molecule has 0 amide bonds. The van der Waals surface area contributed by atoms with Crippen molar-refractivity contribution in [1.82, 2.24) is 10.2 Å². The number of hydrogen-bond acceptors (Lipinski definition) is 4. The van der Waals surface area contributed by atoms with Crippen LogP contribution in [-0.4, -0.2) is 21.3 Å². The molecule has 0 radical (unpaired) electrons. The summed E-state index contributed by atoms with van der Waals surface area (Å²) in [6.45, 7) is 0. The van der Waals surface area contributed by atoms with E-state index in [9.17, 15) is 9.18 Å². The molecule has 0 aliphatic carbocycles. The van der Waals surface area contributed by atoms with Gasteiger partial charge in [0.1, 0.15) is 5.82 Å². The van der Waals surface area contributed by atoms with Gasteiger partial charge < -0.3 is 9.52 Å². The number of aryl methyl sites for hydroxylation is 1. The Hall–Kier alpha value is -1.76. The number of hydrogen-bond donors (Lipinski definition) is 1. The lowest BCUT2D eigenvalue weighted by molar-refractivity contribution is -0.137. The molecule has 0 aliphatic heterocycles. The Labute approximate surface area is 123 Å². The van der Waals surface area contributed by atoms with E-state index in [1.165, 1.54) is 0 Å². The first-order valence-corrected chi connectivity index (χ1v) is 6.86. The highest BCUT2D eigenvalue weighted by atomic mass is 79.9. The number of unbranched alkanes of at least 4 members (excludes halogenated alkanes) is 1. The minimum Gasteiger partial charge on any atom is -0.481 e. The lowest BCUT2D eigenvalue weighted by Crippen LogP contribution is -1.95. The molecule has 106 valence electrons. The molecule has 2 aromatic rings. The first kappa shape index (κ1) is 14.6. The van der Waals surface area contributed by atoms with Gasteiger partial charge in [0, 0.05) is 12.8 Å². The fraction of sp³-hybridized carbons (Fsp3) is 0.308. The Morgan fingerprint density at radius 3 is 2.90 bits per heavy atom. The molecule has 0 spiro atoms. The van der Waals surface area contributed by atoms with E-state index in [1.807, 2.05) is 0 Å². The molecule has 1 aromatic carbocycles. The number of carboxylic acids is 1. The maximum absolute atomic E-state index is 13.9. The van der Waals surface area contributed by atoms with Gasteiger partial charge in [-0.05, 0) is 40.9 Å². The van der Waals surface area contributed by atoms with Crippen LogP contribution in [0, 0.1) is 5.82 Å². The number of nitrogens with zero attached hydrogens (tertiary/aromatic N) is 2. The van der Waals surface area contributed by atoms with E-state index >= 15 is 0 Å². The van der Waals surface area contributed by atoms with Gasteiger partial charge in [-0.1, -0.05) is 6.07 Å². The Balaban J connectivity index is 2.02. The van der Waals surface area contributed by atoms with Crippen LogP contribution in [0.25, 0.3) is 11.5 Å². The number of aliphatic carboxylic acids is 1. The Morgan fingerprint density at radius 1 is 1.35 bits per heavy atom. The van der Waals surface area contributed by atoms with E-state index in [-0.39, 0.29) is 17.9 Å². The fourth-order valence-corrected chi connectivity index (χ4v) is 2.05. The standard InChI is InChI=1S/C13H12BrFN2O3/c14-9-5-3-4-8(12(9)15)13-17-16-10(20-13)6-1-2-7-11(18)19/h3-5H,1-2,6-7H2,(H,18,19). The highest BCUT2D eigenvalue weighted by Gasteiger charge is 2.14. The third-order valence-electron chi connectivity index (χ3n) is 2.68. The van der Waals surface area contributed by atoms with Gasteiger partial charge in [-0.25, -0.2) is 4.39 Å². The molecular formula is C13H12BrFN2O3. The van der Waals surface area contributed by atoms with Crippen LogP contribution >= 0.6 is 15.9 Å². The molecule has 1 N–H and O–H groups in total. The van der Waals surface area contributed by atoms with E-state index < -0.39 is 11.8 Å². The van der Waals surface area contributed by atoms with E-state index in [0.29, 0.717) is 29.6 Å². The smallest absolute Gasteiger partial charge is 0.303 e. The van der Waals surface area contributed by atoms with E-state index in [0.717, 1.165) is 0 Å². The topological polar surface area (TPSA) is 76.2 Å². The summed E-state index contributed by atoms with van der Waals surface area (Å²) in [4.78, 5) is 10.4. The first-order valence-electron chi connectivity index (χ1n) is 6.06. The van der Waals surface area contributed by atoms with Gasteiger partial charge in [0.2, 0.25) is 5.89 Å². The lowest BCUT2D eigenvalue weighted by Gasteiger charge is -1.99. The SMILES string of the molecule is O=C(O)CCCCc1nnc(-c2cccc(Br)c2F)o1. The number of carbonyl (C=O) groups is 1. The summed E-state index contributed by atoms with van der Waals surface area (Å²) in [5.41, 5.74) is 0.240. The largest absolute Gasteiger partial charge is 0.481 e. The van der Waals surface area contributed by atoms with Gasteiger partial charge in [-0.15, -0.1) is 10.2 Å². The van der Waals surface area contributed by atoms with E-state index in [2.05, 4.69) is 26.1 Å². The van der Waals surface area contributed by atoms with Crippen LogP contribution in [-0.2, 0) is 11.2 Å². The third-order valence-corrected chi connectivity index (χ3v) is 3.29. The zero-order valence-electron chi connectivity index (χ0n) is 10.5. The Bertz CT molecular complexity index is 615. The summed E-state index contributed by atoms with van der Waals surface area (Å²) < 4.78 is 19.6. The summed E-state index contributed by atoms with van der Waals surface area (Å²) >= 11 is 3.09. The quantitative estimate of drug-likeness (QED) is 0.813. The second-order valence-corrected chi connectivity index (χ2v) is 5.06. The number of benzene rings is 1. The summed E-state index contributed by atoms with van der Waals surface area (Å²) in [7, 11) is 0. The highest BCUT2D eigenvalue weighted by Crippen LogP contribution is 2.27. The van der Waals surface area contributed by atoms with Gasteiger partial charge in [-0.2, -0.15) is 0 Å². The maximum atomic E-state index is 13.9. The van der Waals surface area contributed by atoms with Crippen molar-refractivity contribution in [1.29, 1.82) is 0 Å². The van der Waals surface area contributed by atoms with Crippen molar-refractivity contribution >= 4 is 21.9 Å². The number of halogens is 2. The summed E-state index contributed by atoms with van der Waals surface area (Å²) in [5, 5.41) is 16.2. The molecule has 0 fully saturated rings. The second kappa shape index (κ2) is 6.60. The second-order valence-electron chi connectivity index (χ2n) is 4.20. The number of aromatic nitrogens is 2. The predicted molar refractivity (Wildman–Crippen MR) is 72.6 cm³/mol. The van der Waals surface area contributed by atoms with E-state index in [4.69, 9.17) is 9.52 Å². The molecule has 0 bridgehead atoms. The van der Waals surface area contributed by atoms with Crippen molar-refractivity contribution in [2.75, 3.05) is 0 Å². The fourth-order valence-electron chi connectivity index (χ4n) is 1.68. The average Bonchev–Trinajstić information content (AvgIpc) is 2.86. The molecule has 0 aliphatic rings. The zero-order chi connectivity index (χ0) is 14.5. The minimum atomic E-state index is -0.826. The van der Waals surface area contributed by atoms with Gasteiger partial charge >= 0.3 is 5.97 Å². The highest BCUT2D eigenvalue weighted by molar-refractivity contribution is 9.10. The van der Waals surface area contributed by atoms with Crippen molar-refractivity contribution in [3.63, 3.8) is 0 Å². The summed E-state index contributed by atoms with van der Waals surface area (Å²) in [5.74, 6) is -0.775. The number of carboxylic acid groups (broad SMARTS) is 1. The minimum absolute atomic E-state index is 0.112. The van der Waals surface area contributed by atoms with Crippen LogP contribution < -0.4 is 0 Å². The lowest BCUT2D eigenvalue weighted by atomic mass is 10.2. The molecule has 7 heteroatoms. The van der Waals surface area contributed by atoms with Crippen molar-refractivity contribution < 1.29 is 18.7 Å². The van der Waals surface area contributed by atoms with Crippen LogP contribution in [0.3, 0.4) is 0 Å². The van der Waals surface area contributed by atoms with Crippen LogP contribution in [0.1, 0.15) is 25.2 Å². The van der Waals surface area contributed by atoms with Crippen molar-refractivity contribution in [3.8, 4) is 11.5 Å². The Morgan fingerprint density at radius 2 is 2.15 bits per heavy atom. The summed E-state index contributed by atoms with van der Waals surface area (Å²) in [6, 6.07) is 4.82. The molecule has 0 unspecified atom stereocenters. The molecule has 1 aromatic heterocycles. The van der Waals surface area contributed by atoms with Gasteiger partial charge in [-0.3, -0.25) is 4.79 Å². The van der Waals surface area contributed by atoms with E-state index in [1.54, 1.807) is 18.2 Å². The van der Waals surface area contributed by atoms with Gasteiger partial charge in [0.15, 0.2) is 0 Å². The maximum Gasteiger partial charge on any atom is 0.303 e. The summed E-state index contributed by atoms with van der Waals surface area (Å²) in [6.07, 6.45) is 1.77. The zero-order valence-corrected chi connectivity index (χ0v) is 12.1. The molecule has 0 atom stereocenters. The van der Waals surface area contributed by atoms with Crippen molar-refractivity contribution in [3.05, 3.63) is 34.4 Å². The van der Waals surface area contributed by atoms with Crippen LogP contribution in [0.15, 0.2) is 27.1 Å². The third kappa shape index (κ3) is 3.63. The monoisotopic (exact) mass is 342 g/mol. The van der Waals surface area contributed by atoms with Crippen molar-refractivity contribution in [2.24, 2.45) is 0 Å². The molecule has 1 heterocycles. The van der Waals surface area contributed by atoms with Gasteiger partial charge in [0.25, 0.3) is 5.89 Å². The molecule has 0 saturated heterocycles.